The van der Waals surface area contributed by atoms with Crippen LogP contribution in [0.25, 0.3) is 0 Å². The van der Waals surface area contributed by atoms with E-state index in [1.54, 1.807) is 31.3 Å². The molecule has 0 amide bonds. The van der Waals surface area contributed by atoms with Gasteiger partial charge in [-0.2, -0.15) is 0 Å². The molecule has 2 heterocycles. The first-order chi connectivity index (χ1) is 13.3. The zero-order valence-corrected chi connectivity index (χ0v) is 16.5. The van der Waals surface area contributed by atoms with Crippen molar-refractivity contribution < 1.29 is 4.79 Å². The van der Waals surface area contributed by atoms with Crippen molar-refractivity contribution in [3.05, 3.63) is 96.6 Å². The Labute approximate surface area is 162 Å². The molecule has 0 spiro atoms. The Kier molecular flexibility index (Phi) is 5.40. The van der Waals surface area contributed by atoms with Gasteiger partial charge in [0, 0.05) is 23.0 Å². The Bertz CT molecular complexity index is 1150. The number of aromatic nitrogens is 3. The van der Waals surface area contributed by atoms with E-state index in [0.717, 1.165) is 22.4 Å². The van der Waals surface area contributed by atoms with Gasteiger partial charge in [-0.05, 0) is 57.0 Å². The highest BCUT2D eigenvalue weighted by molar-refractivity contribution is 6.09. The monoisotopic (exact) mass is 377 g/mol. The van der Waals surface area contributed by atoms with Crippen molar-refractivity contribution in [2.24, 2.45) is 0 Å². The van der Waals surface area contributed by atoms with E-state index in [4.69, 9.17) is 0 Å². The van der Waals surface area contributed by atoms with Crippen LogP contribution in [0.3, 0.4) is 0 Å². The van der Waals surface area contributed by atoms with Crippen LogP contribution in [0.2, 0.25) is 0 Å². The van der Waals surface area contributed by atoms with Crippen LogP contribution in [0.15, 0.2) is 46.1 Å². The first kappa shape index (κ1) is 19.5. The average Bonchev–Trinajstić information content (AvgIpc) is 2.62. The van der Waals surface area contributed by atoms with Gasteiger partial charge in [0.15, 0.2) is 0 Å². The van der Waals surface area contributed by atoms with Crippen LogP contribution in [-0.2, 0) is 13.0 Å². The van der Waals surface area contributed by atoms with Gasteiger partial charge in [-0.25, -0.2) is 4.79 Å². The van der Waals surface area contributed by atoms with Gasteiger partial charge >= 0.3 is 5.69 Å². The van der Waals surface area contributed by atoms with Crippen molar-refractivity contribution in [3.63, 3.8) is 0 Å². The molecular formula is C22H23N3O3. The minimum atomic E-state index is -0.593. The summed E-state index contributed by atoms with van der Waals surface area (Å²) in [4.78, 5) is 44.9. The summed E-state index contributed by atoms with van der Waals surface area (Å²) in [6.07, 6.45) is 2.00. The van der Waals surface area contributed by atoms with Crippen LogP contribution < -0.4 is 11.2 Å². The second-order valence-corrected chi connectivity index (χ2v) is 7.04. The van der Waals surface area contributed by atoms with E-state index >= 15 is 0 Å². The number of benzene rings is 1. The molecule has 1 aromatic carbocycles. The molecule has 3 rings (SSSR count). The fraction of sp³-hybridized carbons (Fsp3) is 0.273. The number of aromatic amines is 1. The van der Waals surface area contributed by atoms with Crippen molar-refractivity contribution in [2.75, 3.05) is 0 Å². The zero-order chi connectivity index (χ0) is 20.4. The quantitative estimate of drug-likeness (QED) is 0.693. The number of nitrogens with one attached hydrogen (secondary N) is 1. The Morgan fingerprint density at radius 3 is 2.36 bits per heavy atom. The molecule has 0 bridgehead atoms. The zero-order valence-electron chi connectivity index (χ0n) is 16.5. The van der Waals surface area contributed by atoms with Gasteiger partial charge in [-0.3, -0.25) is 24.1 Å². The Balaban J connectivity index is 2.24. The molecule has 0 fully saturated rings. The lowest BCUT2D eigenvalue weighted by molar-refractivity contribution is 0.102. The molecule has 0 aliphatic rings. The van der Waals surface area contributed by atoms with E-state index in [2.05, 4.69) is 9.97 Å². The molecule has 3 aromatic rings. The minimum Gasteiger partial charge on any atom is -0.287 e. The maximum absolute atomic E-state index is 13.4. The molecule has 0 saturated heterocycles. The van der Waals surface area contributed by atoms with Crippen molar-refractivity contribution in [2.45, 2.75) is 40.7 Å². The normalized spacial score (nSPS) is 10.9. The summed E-state index contributed by atoms with van der Waals surface area (Å²) in [5.41, 5.74) is 3.37. The third-order valence-electron chi connectivity index (χ3n) is 4.65. The van der Waals surface area contributed by atoms with Crippen LogP contribution in [0.1, 0.15) is 50.9 Å². The maximum atomic E-state index is 13.4. The number of aryl methyl sites for hydroxylation is 3. The van der Waals surface area contributed by atoms with E-state index < -0.39 is 11.2 Å². The highest BCUT2D eigenvalue weighted by Crippen LogP contribution is 2.16. The fourth-order valence-corrected chi connectivity index (χ4v) is 3.48. The summed E-state index contributed by atoms with van der Waals surface area (Å²) >= 11 is 0. The lowest BCUT2D eigenvalue weighted by atomic mass is 9.99. The molecule has 6 nitrogen and oxygen atoms in total. The molecule has 1 N–H and O–H groups in total. The van der Waals surface area contributed by atoms with Gasteiger partial charge in [-0.1, -0.05) is 24.1 Å². The average molecular weight is 377 g/mol. The van der Waals surface area contributed by atoms with Crippen LogP contribution in [0.5, 0.6) is 0 Å². The van der Waals surface area contributed by atoms with E-state index in [1.165, 1.54) is 4.57 Å². The van der Waals surface area contributed by atoms with Crippen LogP contribution in [0, 0.1) is 20.8 Å². The summed E-state index contributed by atoms with van der Waals surface area (Å²) in [5, 5.41) is 0. The van der Waals surface area contributed by atoms with Crippen LogP contribution in [-0.4, -0.2) is 20.3 Å². The molecule has 2 aromatic heterocycles. The van der Waals surface area contributed by atoms with Gasteiger partial charge < -0.3 is 0 Å². The van der Waals surface area contributed by atoms with Gasteiger partial charge in [-0.15, -0.1) is 0 Å². The van der Waals surface area contributed by atoms with Crippen molar-refractivity contribution in [1.29, 1.82) is 0 Å². The van der Waals surface area contributed by atoms with E-state index in [1.807, 2.05) is 32.9 Å². The highest BCUT2D eigenvalue weighted by atomic mass is 16.2. The summed E-state index contributed by atoms with van der Waals surface area (Å²) in [5.74, 6) is -0.322. The summed E-state index contributed by atoms with van der Waals surface area (Å²) in [6.45, 7) is 7.66. The lowest BCUT2D eigenvalue weighted by Gasteiger charge is -2.15. The van der Waals surface area contributed by atoms with Crippen molar-refractivity contribution in [3.8, 4) is 0 Å². The second kappa shape index (κ2) is 7.76. The van der Waals surface area contributed by atoms with Crippen molar-refractivity contribution >= 4 is 5.78 Å². The minimum absolute atomic E-state index is 0.149. The highest BCUT2D eigenvalue weighted by Gasteiger charge is 2.22. The van der Waals surface area contributed by atoms with Gasteiger partial charge in [0.2, 0.25) is 5.78 Å². The van der Waals surface area contributed by atoms with Crippen molar-refractivity contribution in [1.82, 2.24) is 14.5 Å². The van der Waals surface area contributed by atoms with Gasteiger partial charge in [0.1, 0.15) is 5.69 Å². The Hall–Kier alpha value is -3.28. The number of H-pyrrole nitrogens is 1. The third-order valence-corrected chi connectivity index (χ3v) is 4.65. The largest absolute Gasteiger partial charge is 0.329 e. The smallest absolute Gasteiger partial charge is 0.287 e. The number of ketones is 1. The number of pyridine rings is 1. The molecule has 28 heavy (non-hydrogen) atoms. The number of nitrogens with zero attached hydrogens (tertiary/aromatic N) is 2. The third kappa shape index (κ3) is 3.86. The lowest BCUT2D eigenvalue weighted by Crippen LogP contribution is -2.37. The van der Waals surface area contributed by atoms with Gasteiger partial charge in [0.05, 0.1) is 6.54 Å². The number of hydrogen-bond donors (Lipinski definition) is 1. The number of carbonyl (C=O) groups excluding carboxylic acids is 1. The second-order valence-electron chi connectivity index (χ2n) is 7.04. The van der Waals surface area contributed by atoms with Gasteiger partial charge in [0.25, 0.3) is 5.56 Å². The first-order valence-corrected chi connectivity index (χ1v) is 9.20. The predicted octanol–water partition coefficient (Wildman–Crippen LogP) is 2.70. The molecule has 0 aliphatic heterocycles. The maximum Gasteiger partial charge on any atom is 0.329 e. The molecule has 0 radical (unpaired) electrons. The molecule has 0 unspecified atom stereocenters. The number of rotatable bonds is 5. The standard InChI is InChI=1S/C22H23N3O3/c1-5-18-19(20(26)17-9-13(2)8-14(3)10-17)25(22(28)24-21(18)27)12-16-6-7-23-15(4)11-16/h6-11H,5,12H2,1-4H3,(H,24,27,28). The molecular weight excluding hydrogens is 354 g/mol. The Morgan fingerprint density at radius 2 is 1.75 bits per heavy atom. The summed E-state index contributed by atoms with van der Waals surface area (Å²) < 4.78 is 1.36. The van der Waals surface area contributed by atoms with E-state index in [9.17, 15) is 14.4 Å². The molecule has 144 valence electrons. The number of hydrogen-bond acceptors (Lipinski definition) is 4. The summed E-state index contributed by atoms with van der Waals surface area (Å²) in [6, 6.07) is 9.18. The van der Waals surface area contributed by atoms with Crippen LogP contribution >= 0.6 is 0 Å². The molecule has 0 atom stereocenters. The van der Waals surface area contributed by atoms with E-state index in [-0.39, 0.29) is 18.0 Å². The molecule has 0 aliphatic carbocycles. The SMILES string of the molecule is CCc1c(C(=O)c2cc(C)cc(C)c2)n(Cc2ccnc(C)c2)c(=O)[nH]c1=O. The summed E-state index contributed by atoms with van der Waals surface area (Å²) in [7, 11) is 0. The van der Waals surface area contributed by atoms with Crippen LogP contribution in [0.4, 0.5) is 0 Å². The molecule has 0 saturated carbocycles. The number of carbonyl (C=O) groups is 1. The topological polar surface area (TPSA) is 84.8 Å². The molecule has 6 heteroatoms. The fourth-order valence-electron chi connectivity index (χ4n) is 3.48. The predicted molar refractivity (Wildman–Crippen MR) is 108 cm³/mol. The first-order valence-electron chi connectivity index (χ1n) is 9.20. The van der Waals surface area contributed by atoms with E-state index in [0.29, 0.717) is 17.5 Å². The Morgan fingerprint density at radius 1 is 1.07 bits per heavy atom.